The topological polar surface area (TPSA) is 166 Å². The van der Waals surface area contributed by atoms with E-state index >= 15 is 0 Å². The van der Waals surface area contributed by atoms with Crippen LogP contribution < -0.4 is 21.5 Å². The lowest BCUT2D eigenvalue weighted by atomic mass is 10.1. The summed E-state index contributed by atoms with van der Waals surface area (Å²) in [6.45, 7) is 0.329. The molecule has 0 unspecified atom stereocenters. The summed E-state index contributed by atoms with van der Waals surface area (Å²) in [6, 6.07) is 13.0. The van der Waals surface area contributed by atoms with E-state index in [0.29, 0.717) is 34.7 Å². The minimum Gasteiger partial charge on any atom is -0.468 e. The van der Waals surface area contributed by atoms with Gasteiger partial charge in [-0.2, -0.15) is 0 Å². The number of esters is 1. The number of nitrogens with two attached hydrogens (primary N) is 1. The molecule has 2 atom stereocenters. The van der Waals surface area contributed by atoms with Crippen LogP contribution in [-0.4, -0.2) is 65.8 Å². The van der Waals surface area contributed by atoms with Crippen LogP contribution in [0, 0.1) is 0 Å². The first-order valence-electron chi connectivity index (χ1n) is 11.8. The van der Waals surface area contributed by atoms with Crippen LogP contribution in [0.25, 0.3) is 10.9 Å². The molecule has 1 aromatic heterocycles. The molecule has 3 aromatic rings. The maximum atomic E-state index is 13.3. The number of hydrogen-bond acceptors (Lipinski definition) is 9. The van der Waals surface area contributed by atoms with Crippen molar-refractivity contribution in [1.82, 2.24) is 4.57 Å². The van der Waals surface area contributed by atoms with Crippen molar-refractivity contribution >= 4 is 45.9 Å². The van der Waals surface area contributed by atoms with Crippen LogP contribution in [0.1, 0.15) is 11.1 Å². The number of ether oxygens (including phenoxy) is 2. The summed E-state index contributed by atoms with van der Waals surface area (Å²) in [5, 5.41) is 14.0. The molecule has 4 N–H and O–H groups in total. The molecule has 1 saturated heterocycles. The summed E-state index contributed by atoms with van der Waals surface area (Å²) < 4.78 is 11.4. The second kappa shape index (κ2) is 10.1. The van der Waals surface area contributed by atoms with E-state index in [2.05, 4.69) is 10.3 Å². The van der Waals surface area contributed by atoms with E-state index in [1.165, 1.54) is 22.6 Å². The lowest BCUT2D eigenvalue weighted by molar-refractivity contribution is -0.150. The Morgan fingerprint density at radius 3 is 2.79 bits per heavy atom. The third kappa shape index (κ3) is 4.62. The van der Waals surface area contributed by atoms with Gasteiger partial charge in [0.15, 0.2) is 12.2 Å². The Labute approximate surface area is 216 Å². The van der Waals surface area contributed by atoms with E-state index in [1.807, 2.05) is 0 Å². The molecule has 12 heteroatoms. The number of pyridine rings is 1. The van der Waals surface area contributed by atoms with Crippen molar-refractivity contribution in [2.24, 2.45) is 10.7 Å². The Kier molecular flexibility index (Phi) is 6.66. The summed E-state index contributed by atoms with van der Waals surface area (Å²) in [5.74, 6) is -1.59. The Hall–Kier alpha value is -4.55. The molecule has 2 aromatic carbocycles. The molecule has 0 saturated carbocycles. The zero-order valence-corrected chi connectivity index (χ0v) is 20.4. The van der Waals surface area contributed by atoms with E-state index in [9.17, 15) is 24.3 Å². The zero-order valence-electron chi connectivity index (χ0n) is 20.4. The highest BCUT2D eigenvalue weighted by atomic mass is 16.5. The van der Waals surface area contributed by atoms with Gasteiger partial charge in [-0.25, -0.2) is 0 Å². The molecule has 2 amide bonds. The first-order chi connectivity index (χ1) is 18.3. The molecule has 0 spiro atoms. The zero-order chi connectivity index (χ0) is 27.0. The molecule has 2 aliphatic heterocycles. The lowest BCUT2D eigenvalue weighted by Crippen LogP contribution is -2.55. The smallest absolute Gasteiger partial charge is 0.325 e. The normalized spacial score (nSPS) is 17.6. The van der Waals surface area contributed by atoms with Crippen LogP contribution in [-0.2, 0) is 36.9 Å². The summed E-state index contributed by atoms with van der Waals surface area (Å²) >= 11 is 0. The van der Waals surface area contributed by atoms with Crippen LogP contribution in [0.15, 0.2) is 58.3 Å². The van der Waals surface area contributed by atoms with Gasteiger partial charge in [-0.05, 0) is 47.3 Å². The number of amides is 2. The van der Waals surface area contributed by atoms with Crippen molar-refractivity contribution in [2.45, 2.75) is 25.3 Å². The van der Waals surface area contributed by atoms with Gasteiger partial charge in [-0.1, -0.05) is 6.07 Å². The van der Waals surface area contributed by atoms with E-state index in [1.54, 1.807) is 42.5 Å². The number of aromatic nitrogens is 1. The van der Waals surface area contributed by atoms with Gasteiger partial charge in [0.1, 0.15) is 12.4 Å². The highest BCUT2D eigenvalue weighted by Gasteiger charge is 2.39. The molecule has 12 nitrogen and oxygen atoms in total. The number of hydrogen-bond donors (Lipinski definition) is 3. The van der Waals surface area contributed by atoms with Gasteiger partial charge in [-0.15, -0.1) is 0 Å². The minimum absolute atomic E-state index is 0.0675. The van der Waals surface area contributed by atoms with E-state index in [0.717, 1.165) is 11.1 Å². The number of nitrogens with zero attached hydrogens (tertiary/aromatic N) is 3. The number of anilines is 2. The number of nitrogens with one attached hydrogen (secondary N) is 1. The number of aliphatic hydroxyl groups excluding tert-OH is 1. The number of rotatable bonds is 6. The van der Waals surface area contributed by atoms with Crippen LogP contribution in [0.5, 0.6) is 0 Å². The first-order valence-corrected chi connectivity index (χ1v) is 11.8. The van der Waals surface area contributed by atoms with Crippen LogP contribution in [0.3, 0.4) is 0 Å². The van der Waals surface area contributed by atoms with Crippen molar-refractivity contribution in [3.63, 3.8) is 0 Å². The van der Waals surface area contributed by atoms with Crippen LogP contribution in [0.4, 0.5) is 11.4 Å². The van der Waals surface area contributed by atoms with Crippen molar-refractivity contribution < 1.29 is 29.0 Å². The van der Waals surface area contributed by atoms with Gasteiger partial charge >= 0.3 is 5.97 Å². The Balaban J connectivity index is 1.36. The van der Waals surface area contributed by atoms with Crippen molar-refractivity contribution in [3.05, 3.63) is 70.0 Å². The summed E-state index contributed by atoms with van der Waals surface area (Å²) in [7, 11) is 1.23. The van der Waals surface area contributed by atoms with Crippen molar-refractivity contribution in [3.8, 4) is 0 Å². The molecule has 196 valence electrons. The maximum Gasteiger partial charge on any atom is 0.325 e. The molecular weight excluding hydrogens is 494 g/mol. The third-order valence-corrected chi connectivity index (χ3v) is 6.55. The lowest BCUT2D eigenvalue weighted by Gasteiger charge is -2.34. The third-order valence-electron chi connectivity index (χ3n) is 6.55. The van der Waals surface area contributed by atoms with Crippen molar-refractivity contribution in [1.29, 1.82) is 0 Å². The summed E-state index contributed by atoms with van der Waals surface area (Å²) in [5.41, 5.74) is 8.32. The van der Waals surface area contributed by atoms with Crippen LogP contribution in [0.2, 0.25) is 0 Å². The first kappa shape index (κ1) is 25.1. The number of benzene rings is 2. The maximum absolute atomic E-state index is 13.3. The molecule has 2 aliphatic rings. The largest absolute Gasteiger partial charge is 0.468 e. The van der Waals surface area contributed by atoms with Gasteiger partial charge < -0.3 is 30.5 Å². The second-order valence-corrected chi connectivity index (χ2v) is 8.87. The monoisotopic (exact) mass is 519 g/mol. The molecule has 3 heterocycles. The van der Waals surface area contributed by atoms with Crippen LogP contribution >= 0.6 is 0 Å². The molecule has 0 radical (unpaired) electrons. The molecule has 0 bridgehead atoms. The number of methoxy groups -OCH3 is 1. The summed E-state index contributed by atoms with van der Waals surface area (Å²) in [4.78, 5) is 55.9. The van der Waals surface area contributed by atoms with Gasteiger partial charge in [0.25, 0.3) is 17.4 Å². The average molecular weight is 520 g/mol. The summed E-state index contributed by atoms with van der Waals surface area (Å²) in [6.07, 6.45) is -3.22. The molecule has 0 aliphatic carbocycles. The highest BCUT2D eigenvalue weighted by Crippen LogP contribution is 2.26. The van der Waals surface area contributed by atoms with Crippen molar-refractivity contribution in [2.75, 3.05) is 30.5 Å². The van der Waals surface area contributed by atoms with E-state index in [4.69, 9.17) is 15.2 Å². The number of aliphatic hydroxyl groups is 1. The fourth-order valence-electron chi connectivity index (χ4n) is 4.55. The average Bonchev–Trinajstić information content (AvgIpc) is 3.29. The quantitative estimate of drug-likeness (QED) is 0.387. The second-order valence-electron chi connectivity index (χ2n) is 8.87. The SMILES string of the molecule is COC(=O)Cn1c(=O)ccc2ccc(N3CCO[C@H]([C@@H](O)C(=O)Nc4ccc5c(c4)CN=C5N)C3=O)cc21. The fourth-order valence-corrected chi connectivity index (χ4v) is 4.55. The molecule has 1 fully saturated rings. The molecule has 38 heavy (non-hydrogen) atoms. The number of aliphatic imine (C=N–C) groups is 1. The number of carbonyl (C=O) groups is 3. The Morgan fingerprint density at radius 2 is 2.00 bits per heavy atom. The van der Waals surface area contributed by atoms with Gasteiger partial charge in [0.2, 0.25) is 0 Å². The number of fused-ring (bicyclic) bond motifs is 2. The Bertz CT molecular complexity index is 1550. The van der Waals surface area contributed by atoms with Gasteiger partial charge in [0, 0.05) is 29.5 Å². The van der Waals surface area contributed by atoms with E-state index in [-0.39, 0.29) is 19.7 Å². The minimum atomic E-state index is -1.78. The number of amidine groups is 1. The van der Waals surface area contributed by atoms with E-state index < -0.39 is 35.6 Å². The highest BCUT2D eigenvalue weighted by molar-refractivity contribution is 6.05. The molecular formula is C26H25N5O7. The predicted molar refractivity (Wildman–Crippen MR) is 138 cm³/mol. The fraction of sp³-hybridized carbons (Fsp3) is 0.269. The molecule has 5 rings (SSSR count). The van der Waals surface area contributed by atoms with Gasteiger partial charge in [-0.3, -0.25) is 28.7 Å². The standard InChI is InChI=1S/C26H25N5O7/c1-37-21(33)13-31-19-11-17(5-2-14(19)3-7-20(31)32)30-8-9-38-23(26(30)36)22(34)25(35)29-16-4-6-18-15(10-16)12-28-24(18)27/h2-7,10-11,22-23,34H,8-9,12-13H2,1H3,(H2,27,28)(H,29,35)/t22-,23-/m1/s1. The van der Waals surface area contributed by atoms with Gasteiger partial charge in [0.05, 0.1) is 25.8 Å². The predicted octanol–water partition coefficient (Wildman–Crippen LogP) is 0.125. The number of carbonyl (C=O) groups excluding carboxylic acids is 3. The number of morpholine rings is 1. The Morgan fingerprint density at radius 1 is 1.21 bits per heavy atom.